The van der Waals surface area contributed by atoms with Gasteiger partial charge in [0.15, 0.2) is 6.54 Å². The van der Waals surface area contributed by atoms with Crippen LogP contribution >= 0.6 is 0 Å². The number of amides is 1. The van der Waals surface area contributed by atoms with Crippen LogP contribution in [0.15, 0.2) is 71.6 Å². The monoisotopic (exact) mass is 481 g/mol. The quantitative estimate of drug-likeness (QED) is 0.558. The maximum Gasteiger partial charge on any atom is 0.282 e. The van der Waals surface area contributed by atoms with Gasteiger partial charge in [-0.25, -0.2) is 12.8 Å². The highest BCUT2D eigenvalue weighted by atomic mass is 32.2. The Morgan fingerprint density at radius 2 is 1.71 bits per heavy atom. The summed E-state index contributed by atoms with van der Waals surface area (Å²) >= 11 is 0. The van der Waals surface area contributed by atoms with E-state index in [-0.39, 0.29) is 30.3 Å². The zero-order valence-electron chi connectivity index (χ0n) is 18.7. The second kappa shape index (κ2) is 10.3. The molecule has 1 heterocycles. The number of benzene rings is 3. The lowest BCUT2D eigenvalue weighted by atomic mass is 10.1. The summed E-state index contributed by atoms with van der Waals surface area (Å²) in [5, 5.41) is 10.8. The van der Waals surface area contributed by atoms with Gasteiger partial charge in [0.1, 0.15) is 5.82 Å². The van der Waals surface area contributed by atoms with Crippen molar-refractivity contribution in [3.05, 3.63) is 72.5 Å². The number of anilines is 1. The molecule has 1 saturated heterocycles. The molecule has 3 aromatic rings. The number of quaternary nitrogens is 1. The Morgan fingerprint density at radius 1 is 1.03 bits per heavy atom. The van der Waals surface area contributed by atoms with Crippen LogP contribution < -0.4 is 9.80 Å². The van der Waals surface area contributed by atoms with Gasteiger partial charge in [0.25, 0.3) is 5.91 Å². The number of piperazine rings is 1. The first-order chi connectivity index (χ1) is 16.4. The third-order valence-corrected chi connectivity index (χ3v) is 7.97. The van der Waals surface area contributed by atoms with Crippen molar-refractivity contribution < 1.29 is 22.5 Å². The van der Waals surface area contributed by atoms with E-state index in [4.69, 9.17) is 5.26 Å². The lowest BCUT2D eigenvalue weighted by Crippen LogP contribution is -3.15. The van der Waals surface area contributed by atoms with E-state index in [0.717, 1.165) is 15.7 Å². The minimum atomic E-state index is -3.63. The largest absolute Gasteiger partial charge is 0.325 e. The summed E-state index contributed by atoms with van der Waals surface area (Å²) in [5.74, 6) is -0.575. The van der Waals surface area contributed by atoms with E-state index < -0.39 is 15.8 Å². The highest BCUT2D eigenvalue weighted by molar-refractivity contribution is 7.89. The molecule has 0 aromatic heterocycles. The molecule has 1 fully saturated rings. The van der Waals surface area contributed by atoms with Gasteiger partial charge in [0, 0.05) is 12.2 Å². The zero-order valence-corrected chi connectivity index (χ0v) is 19.5. The minimum absolute atomic E-state index is 0.163. The molecule has 176 valence electrons. The molecule has 3 aromatic carbocycles. The van der Waals surface area contributed by atoms with E-state index in [1.54, 1.807) is 12.1 Å². The summed E-state index contributed by atoms with van der Waals surface area (Å²) in [6.45, 7) is 2.00. The Morgan fingerprint density at radius 3 is 2.38 bits per heavy atom. The fourth-order valence-corrected chi connectivity index (χ4v) is 5.66. The maximum absolute atomic E-state index is 13.3. The van der Waals surface area contributed by atoms with E-state index in [2.05, 4.69) is 0 Å². The van der Waals surface area contributed by atoms with Gasteiger partial charge in [-0.15, -0.1) is 0 Å². The van der Waals surface area contributed by atoms with Crippen LogP contribution in [0.2, 0.25) is 0 Å². The fourth-order valence-electron chi connectivity index (χ4n) is 4.19. The lowest BCUT2D eigenvalue weighted by Gasteiger charge is -2.32. The molecule has 0 atom stereocenters. The Labute approximate surface area is 198 Å². The SMILES string of the molecule is N#CCCN(C(=O)C[NH+]1CCN(S(=O)(=O)c2ccc3ccccc3c2)CC1)c1ccc(F)cc1. The van der Waals surface area contributed by atoms with Crippen molar-refractivity contribution in [2.24, 2.45) is 0 Å². The molecule has 7 nitrogen and oxygen atoms in total. The average molecular weight is 482 g/mol. The molecule has 1 N–H and O–H groups in total. The third-order valence-electron chi connectivity index (χ3n) is 6.08. The number of hydrogen-bond donors (Lipinski definition) is 1. The number of hydrogen-bond acceptors (Lipinski definition) is 4. The predicted octanol–water partition coefficient (Wildman–Crippen LogP) is 1.81. The highest BCUT2D eigenvalue weighted by Gasteiger charge is 2.32. The van der Waals surface area contributed by atoms with Gasteiger partial charge in [-0.3, -0.25) is 4.79 Å². The van der Waals surface area contributed by atoms with E-state index in [1.165, 1.54) is 33.5 Å². The molecule has 9 heteroatoms. The number of nitriles is 1. The summed E-state index contributed by atoms with van der Waals surface area (Å²) in [4.78, 5) is 15.7. The van der Waals surface area contributed by atoms with Crippen molar-refractivity contribution in [1.82, 2.24) is 4.31 Å². The maximum atomic E-state index is 13.3. The number of rotatable bonds is 7. The molecule has 0 unspecified atom stereocenters. The summed E-state index contributed by atoms with van der Waals surface area (Å²) in [7, 11) is -3.63. The van der Waals surface area contributed by atoms with E-state index in [0.29, 0.717) is 31.9 Å². The van der Waals surface area contributed by atoms with Crippen molar-refractivity contribution >= 4 is 32.4 Å². The van der Waals surface area contributed by atoms with E-state index >= 15 is 0 Å². The smallest absolute Gasteiger partial charge is 0.282 e. The molecule has 34 heavy (non-hydrogen) atoms. The summed E-state index contributed by atoms with van der Waals surface area (Å²) in [6.07, 6.45) is 0.163. The van der Waals surface area contributed by atoms with Crippen LogP contribution in [-0.4, -0.2) is 57.9 Å². The number of halogens is 1. The Hall–Kier alpha value is -3.32. The van der Waals surface area contributed by atoms with Gasteiger partial charge in [-0.1, -0.05) is 30.3 Å². The summed E-state index contributed by atoms with van der Waals surface area (Å²) in [6, 6.07) is 20.4. The molecule has 0 radical (unpaired) electrons. The molecule has 1 amide bonds. The van der Waals surface area contributed by atoms with Gasteiger partial charge in [-0.05, 0) is 47.2 Å². The molecule has 1 aliphatic rings. The normalized spacial score (nSPS) is 15.2. The van der Waals surface area contributed by atoms with Crippen molar-refractivity contribution in [2.45, 2.75) is 11.3 Å². The lowest BCUT2D eigenvalue weighted by molar-refractivity contribution is -0.895. The van der Waals surface area contributed by atoms with Crippen LogP contribution in [0.25, 0.3) is 10.8 Å². The first-order valence-electron chi connectivity index (χ1n) is 11.1. The van der Waals surface area contributed by atoms with Crippen molar-refractivity contribution in [3.63, 3.8) is 0 Å². The average Bonchev–Trinajstić information content (AvgIpc) is 2.85. The van der Waals surface area contributed by atoms with Crippen LogP contribution in [-0.2, 0) is 14.8 Å². The van der Waals surface area contributed by atoms with Crippen LogP contribution in [0.5, 0.6) is 0 Å². The number of fused-ring (bicyclic) bond motifs is 1. The summed E-state index contributed by atoms with van der Waals surface area (Å²) < 4.78 is 41.1. The molecule has 0 aliphatic carbocycles. The van der Waals surface area contributed by atoms with E-state index in [9.17, 15) is 17.6 Å². The minimum Gasteiger partial charge on any atom is -0.325 e. The van der Waals surface area contributed by atoms with Gasteiger partial charge >= 0.3 is 0 Å². The van der Waals surface area contributed by atoms with Crippen LogP contribution in [0, 0.1) is 17.1 Å². The molecule has 0 bridgehead atoms. The molecular formula is C25H26FN4O3S+. The van der Waals surface area contributed by atoms with Crippen LogP contribution in [0.3, 0.4) is 0 Å². The standard InChI is InChI=1S/C25H25FN4O3S/c26-22-7-9-23(10-8-22)30(13-3-12-27)25(31)19-28-14-16-29(17-15-28)34(32,33)24-11-6-20-4-1-2-5-21(20)18-24/h1-2,4-11,18H,3,13-17,19H2/p+1. The van der Waals surface area contributed by atoms with Gasteiger partial charge in [-0.2, -0.15) is 9.57 Å². The molecule has 4 rings (SSSR count). The number of nitrogens with zero attached hydrogens (tertiary/aromatic N) is 3. The van der Waals surface area contributed by atoms with Crippen LogP contribution in [0.4, 0.5) is 10.1 Å². The molecule has 1 aliphatic heterocycles. The number of sulfonamides is 1. The first kappa shape index (κ1) is 23.8. The Bertz CT molecular complexity index is 1310. The molecule has 0 spiro atoms. The second-order valence-electron chi connectivity index (χ2n) is 8.27. The first-order valence-corrected chi connectivity index (χ1v) is 12.6. The van der Waals surface area contributed by atoms with Crippen molar-refractivity contribution in [1.29, 1.82) is 5.26 Å². The van der Waals surface area contributed by atoms with Crippen molar-refractivity contribution in [3.8, 4) is 6.07 Å². The molecular weight excluding hydrogens is 455 g/mol. The predicted molar refractivity (Wildman–Crippen MR) is 127 cm³/mol. The number of carbonyl (C=O) groups is 1. The number of carbonyl (C=O) groups excluding carboxylic acids is 1. The van der Waals surface area contributed by atoms with Crippen molar-refractivity contribution in [2.75, 3.05) is 44.2 Å². The summed E-state index contributed by atoms with van der Waals surface area (Å²) in [5.41, 5.74) is 0.540. The Kier molecular flexibility index (Phi) is 7.22. The zero-order chi connectivity index (χ0) is 24.1. The Balaban J connectivity index is 1.40. The molecule has 0 saturated carbocycles. The van der Waals surface area contributed by atoms with E-state index in [1.807, 2.05) is 36.4 Å². The van der Waals surface area contributed by atoms with Gasteiger partial charge in [0.05, 0.1) is 43.6 Å². The third kappa shape index (κ3) is 5.25. The number of nitrogens with one attached hydrogen (secondary N) is 1. The topological polar surface area (TPSA) is 85.9 Å². The van der Waals surface area contributed by atoms with Crippen LogP contribution in [0.1, 0.15) is 6.42 Å². The fraction of sp³-hybridized carbons (Fsp3) is 0.280. The highest BCUT2D eigenvalue weighted by Crippen LogP contribution is 2.22. The van der Waals surface area contributed by atoms with Gasteiger partial charge < -0.3 is 9.80 Å². The van der Waals surface area contributed by atoms with Gasteiger partial charge in [0.2, 0.25) is 10.0 Å². The second-order valence-corrected chi connectivity index (χ2v) is 10.2.